The first kappa shape index (κ1) is 9.96. The van der Waals surface area contributed by atoms with Crippen LogP contribution < -0.4 is 0 Å². The van der Waals surface area contributed by atoms with Crippen molar-refractivity contribution in [3.05, 3.63) is 23.1 Å². The standard InChI is InChI=1S/C8H11ClO2S/c1-12-5-6(4-10)7-2-3-8(9)11-7/h2-3,6,10H,4-5H2,1H3. The van der Waals surface area contributed by atoms with Crippen molar-refractivity contribution in [2.24, 2.45) is 0 Å². The molecule has 0 aliphatic carbocycles. The van der Waals surface area contributed by atoms with Crippen LogP contribution in [0, 0.1) is 0 Å². The molecule has 0 spiro atoms. The summed E-state index contributed by atoms with van der Waals surface area (Å²) in [5.74, 6) is 1.67. The molecule has 0 aromatic carbocycles. The molecule has 1 aromatic heterocycles. The summed E-state index contributed by atoms with van der Waals surface area (Å²) in [6.07, 6.45) is 1.99. The van der Waals surface area contributed by atoms with Crippen molar-refractivity contribution in [2.75, 3.05) is 18.6 Å². The van der Waals surface area contributed by atoms with Crippen molar-refractivity contribution >= 4 is 23.4 Å². The van der Waals surface area contributed by atoms with Crippen molar-refractivity contribution in [2.45, 2.75) is 5.92 Å². The average Bonchev–Trinajstić information content (AvgIpc) is 2.47. The van der Waals surface area contributed by atoms with Gasteiger partial charge in [-0.3, -0.25) is 0 Å². The van der Waals surface area contributed by atoms with Crippen LogP contribution in [0.2, 0.25) is 5.22 Å². The van der Waals surface area contributed by atoms with Gasteiger partial charge in [0.05, 0.1) is 6.61 Å². The van der Waals surface area contributed by atoms with Crippen molar-refractivity contribution in [3.63, 3.8) is 0 Å². The van der Waals surface area contributed by atoms with Crippen LogP contribution >= 0.6 is 23.4 Å². The molecule has 1 aromatic rings. The maximum Gasteiger partial charge on any atom is 0.193 e. The van der Waals surface area contributed by atoms with Crippen LogP contribution in [0.3, 0.4) is 0 Å². The summed E-state index contributed by atoms with van der Waals surface area (Å²) in [5.41, 5.74) is 0. The average molecular weight is 207 g/mol. The van der Waals surface area contributed by atoms with Gasteiger partial charge in [-0.2, -0.15) is 11.8 Å². The van der Waals surface area contributed by atoms with Gasteiger partial charge in [-0.25, -0.2) is 0 Å². The third kappa shape index (κ3) is 2.44. The molecule has 0 bridgehead atoms. The van der Waals surface area contributed by atoms with Crippen LogP contribution in [0.4, 0.5) is 0 Å². The van der Waals surface area contributed by atoms with E-state index < -0.39 is 0 Å². The molecule has 0 aliphatic rings. The van der Waals surface area contributed by atoms with Crippen LogP contribution in [0.15, 0.2) is 16.5 Å². The molecule has 4 heteroatoms. The zero-order valence-electron chi connectivity index (χ0n) is 6.79. The normalized spacial score (nSPS) is 13.2. The lowest BCUT2D eigenvalue weighted by Crippen LogP contribution is -2.05. The zero-order chi connectivity index (χ0) is 8.97. The quantitative estimate of drug-likeness (QED) is 0.821. The lowest BCUT2D eigenvalue weighted by molar-refractivity contribution is 0.259. The van der Waals surface area contributed by atoms with Crippen LogP contribution in [-0.2, 0) is 0 Å². The zero-order valence-corrected chi connectivity index (χ0v) is 8.36. The third-order valence-electron chi connectivity index (χ3n) is 1.58. The summed E-state index contributed by atoms with van der Waals surface area (Å²) in [6, 6.07) is 3.50. The van der Waals surface area contributed by atoms with Gasteiger partial charge in [0.1, 0.15) is 5.76 Å². The van der Waals surface area contributed by atoms with E-state index in [0.29, 0.717) is 5.22 Å². The lowest BCUT2D eigenvalue weighted by Gasteiger charge is -2.08. The lowest BCUT2D eigenvalue weighted by atomic mass is 10.1. The number of aliphatic hydroxyl groups is 1. The Morgan fingerprint density at radius 1 is 1.67 bits per heavy atom. The van der Waals surface area contributed by atoms with E-state index in [-0.39, 0.29) is 12.5 Å². The summed E-state index contributed by atoms with van der Waals surface area (Å²) in [6.45, 7) is 0.102. The highest BCUT2D eigenvalue weighted by atomic mass is 35.5. The highest BCUT2D eigenvalue weighted by Crippen LogP contribution is 2.23. The molecule has 68 valence electrons. The number of thioether (sulfide) groups is 1. The molecule has 1 heterocycles. The predicted molar refractivity (Wildman–Crippen MR) is 51.9 cm³/mol. The Morgan fingerprint density at radius 3 is 2.83 bits per heavy atom. The maximum atomic E-state index is 9.00. The van der Waals surface area contributed by atoms with E-state index in [9.17, 15) is 0 Å². The van der Waals surface area contributed by atoms with E-state index in [4.69, 9.17) is 21.1 Å². The van der Waals surface area contributed by atoms with E-state index in [1.165, 1.54) is 0 Å². The van der Waals surface area contributed by atoms with Crippen LogP contribution in [0.1, 0.15) is 11.7 Å². The fraction of sp³-hybridized carbons (Fsp3) is 0.500. The first-order valence-corrected chi connectivity index (χ1v) is 5.40. The molecule has 0 aliphatic heterocycles. The summed E-state index contributed by atoms with van der Waals surface area (Å²) in [4.78, 5) is 0. The Balaban J connectivity index is 2.66. The Hall–Kier alpha value is -0.120. The van der Waals surface area contributed by atoms with Gasteiger partial charge in [0.2, 0.25) is 0 Å². The molecule has 2 nitrogen and oxygen atoms in total. The predicted octanol–water partition coefficient (Wildman–Crippen LogP) is 2.37. The minimum Gasteiger partial charge on any atom is -0.449 e. The summed E-state index contributed by atoms with van der Waals surface area (Å²) in [5, 5.41) is 9.38. The monoisotopic (exact) mass is 206 g/mol. The van der Waals surface area contributed by atoms with Crippen molar-refractivity contribution in [3.8, 4) is 0 Å². The summed E-state index contributed by atoms with van der Waals surface area (Å²) in [7, 11) is 0. The first-order chi connectivity index (χ1) is 5.77. The highest BCUT2D eigenvalue weighted by Gasteiger charge is 2.13. The number of halogens is 1. The summed E-state index contributed by atoms with van der Waals surface area (Å²) < 4.78 is 5.18. The largest absolute Gasteiger partial charge is 0.449 e. The molecule has 12 heavy (non-hydrogen) atoms. The van der Waals surface area contributed by atoms with Gasteiger partial charge in [-0.15, -0.1) is 0 Å². The Kier molecular flexibility index (Phi) is 3.98. The minimum atomic E-state index is 0.0625. The SMILES string of the molecule is CSCC(CO)c1ccc(Cl)o1. The van der Waals surface area contributed by atoms with Gasteiger partial charge in [-0.05, 0) is 30.0 Å². The number of hydrogen-bond donors (Lipinski definition) is 1. The maximum absolute atomic E-state index is 9.00. The van der Waals surface area contributed by atoms with Crippen LogP contribution in [0.5, 0.6) is 0 Å². The fourth-order valence-electron chi connectivity index (χ4n) is 0.974. The molecular weight excluding hydrogens is 196 g/mol. The topological polar surface area (TPSA) is 33.4 Å². The van der Waals surface area contributed by atoms with E-state index in [0.717, 1.165) is 11.5 Å². The summed E-state index contributed by atoms with van der Waals surface area (Å²) >= 11 is 7.28. The Labute approximate surface area is 80.9 Å². The number of aliphatic hydroxyl groups excluding tert-OH is 1. The molecule has 0 radical (unpaired) electrons. The number of furan rings is 1. The van der Waals surface area contributed by atoms with E-state index in [1.54, 1.807) is 23.9 Å². The molecule has 0 saturated carbocycles. The van der Waals surface area contributed by atoms with Crippen molar-refractivity contribution in [1.29, 1.82) is 0 Å². The van der Waals surface area contributed by atoms with Crippen molar-refractivity contribution in [1.82, 2.24) is 0 Å². The fourth-order valence-corrected chi connectivity index (χ4v) is 1.80. The van der Waals surface area contributed by atoms with Crippen molar-refractivity contribution < 1.29 is 9.52 Å². The minimum absolute atomic E-state index is 0.0625. The second kappa shape index (κ2) is 4.80. The molecule has 0 fully saturated rings. The second-order valence-electron chi connectivity index (χ2n) is 2.48. The van der Waals surface area contributed by atoms with Gasteiger partial charge in [0, 0.05) is 11.7 Å². The van der Waals surface area contributed by atoms with Gasteiger partial charge in [-0.1, -0.05) is 0 Å². The molecule has 1 atom stereocenters. The molecule has 1 N–H and O–H groups in total. The third-order valence-corrected chi connectivity index (χ3v) is 2.52. The number of hydrogen-bond acceptors (Lipinski definition) is 3. The van der Waals surface area contributed by atoms with Gasteiger partial charge in [0.25, 0.3) is 0 Å². The van der Waals surface area contributed by atoms with Gasteiger partial charge >= 0.3 is 0 Å². The second-order valence-corrected chi connectivity index (χ2v) is 3.76. The van der Waals surface area contributed by atoms with Gasteiger partial charge < -0.3 is 9.52 Å². The smallest absolute Gasteiger partial charge is 0.193 e. The number of rotatable bonds is 4. The molecular formula is C8H11ClO2S. The van der Waals surface area contributed by atoms with Crippen LogP contribution in [0.25, 0.3) is 0 Å². The van der Waals surface area contributed by atoms with Crippen LogP contribution in [-0.4, -0.2) is 23.7 Å². The Morgan fingerprint density at radius 2 is 2.42 bits per heavy atom. The molecule has 1 unspecified atom stereocenters. The van der Waals surface area contributed by atoms with E-state index in [1.807, 2.05) is 6.26 Å². The molecule has 1 rings (SSSR count). The highest BCUT2D eigenvalue weighted by molar-refractivity contribution is 7.98. The Bertz CT molecular complexity index is 237. The first-order valence-electron chi connectivity index (χ1n) is 3.63. The molecule has 0 amide bonds. The van der Waals surface area contributed by atoms with E-state index in [2.05, 4.69) is 0 Å². The van der Waals surface area contributed by atoms with Gasteiger partial charge in [0.15, 0.2) is 5.22 Å². The molecule has 0 saturated heterocycles. The van der Waals surface area contributed by atoms with E-state index >= 15 is 0 Å².